The van der Waals surface area contributed by atoms with E-state index in [9.17, 15) is 18.3 Å². The van der Waals surface area contributed by atoms with Crippen molar-refractivity contribution < 1.29 is 18.3 Å². The molecule has 4 saturated carbocycles. The van der Waals surface area contributed by atoms with Gasteiger partial charge in [0.1, 0.15) is 0 Å². The van der Waals surface area contributed by atoms with Gasteiger partial charge in [0.2, 0.25) is 0 Å². The number of carbonyl (C=O) groups is 1. The van der Waals surface area contributed by atoms with Crippen molar-refractivity contribution in [3.63, 3.8) is 0 Å². The van der Waals surface area contributed by atoms with Crippen molar-refractivity contribution >= 4 is 21.4 Å². The Hall–Kier alpha value is -1.96. The summed E-state index contributed by atoms with van der Waals surface area (Å²) in [6.07, 6.45) is 14.6. The highest BCUT2D eigenvalue weighted by atomic mass is 32.2. The standard InChI is InChI=1S/C43H62N2O4S/c1-27(2)32-14-19-43(44-22-23-45-25-31-24-30(45)26-50(31,48)49)21-20-41(6)34(37(32)43)12-13-36-40(5)17-15-33(28-8-10-29(11-9-28)38(46)47)39(3,4)35(40)16-18-42(36,41)7/h8-11,15,30-32,34-37,44H,1,12-14,16-26H2,2-7H3,(H,46,47)/t30-,31+,32+,34-,35+,36-,37-,40+,41-,42-,43+/m1/s1. The molecule has 0 amide bonds. The quantitative estimate of drug-likeness (QED) is 0.279. The predicted octanol–water partition coefficient (Wildman–Crippen LogP) is 8.25. The number of aromatic carboxylic acids is 1. The van der Waals surface area contributed by atoms with Gasteiger partial charge in [0.05, 0.1) is 16.6 Å². The topological polar surface area (TPSA) is 86.7 Å². The second kappa shape index (κ2) is 11.5. The van der Waals surface area contributed by atoms with Gasteiger partial charge in [-0.15, -0.1) is 0 Å². The molecule has 50 heavy (non-hydrogen) atoms. The van der Waals surface area contributed by atoms with Crippen molar-refractivity contribution in [2.75, 3.05) is 25.4 Å². The number of nitrogens with one attached hydrogen (secondary N) is 1. The Morgan fingerprint density at radius 3 is 2.34 bits per heavy atom. The summed E-state index contributed by atoms with van der Waals surface area (Å²) in [7, 11) is -2.86. The van der Waals surface area contributed by atoms with Crippen LogP contribution in [-0.2, 0) is 9.84 Å². The van der Waals surface area contributed by atoms with Crippen LogP contribution < -0.4 is 5.32 Å². The highest BCUT2D eigenvalue weighted by Gasteiger charge is 2.70. The summed E-state index contributed by atoms with van der Waals surface area (Å²) in [4.78, 5) is 14.0. The molecule has 5 aliphatic carbocycles. The molecule has 11 atom stereocenters. The number of sulfone groups is 1. The van der Waals surface area contributed by atoms with Gasteiger partial charge in [0.25, 0.3) is 0 Å². The maximum atomic E-state index is 12.4. The van der Waals surface area contributed by atoms with E-state index in [2.05, 4.69) is 64.4 Å². The summed E-state index contributed by atoms with van der Waals surface area (Å²) >= 11 is 0. The Morgan fingerprint density at radius 1 is 0.960 bits per heavy atom. The van der Waals surface area contributed by atoms with Crippen LogP contribution in [0, 0.1) is 51.2 Å². The first kappa shape index (κ1) is 35.1. The summed E-state index contributed by atoms with van der Waals surface area (Å²) in [5.74, 6) is 2.61. The van der Waals surface area contributed by atoms with Crippen molar-refractivity contribution in [2.45, 2.75) is 123 Å². The molecule has 2 saturated heterocycles. The Balaban J connectivity index is 1.05. The Labute approximate surface area is 301 Å². The summed E-state index contributed by atoms with van der Waals surface area (Å²) < 4.78 is 24.8. The molecule has 0 unspecified atom stereocenters. The number of nitrogens with zero attached hydrogens (tertiary/aromatic N) is 1. The monoisotopic (exact) mass is 702 g/mol. The third-order valence-corrected chi connectivity index (χ3v) is 19.6. The largest absolute Gasteiger partial charge is 0.478 e. The minimum atomic E-state index is -2.86. The third-order valence-electron chi connectivity index (χ3n) is 17.4. The van der Waals surface area contributed by atoms with E-state index in [0.717, 1.165) is 32.5 Å². The maximum Gasteiger partial charge on any atom is 0.335 e. The number of likely N-dealkylation sites (tertiary alicyclic amines) is 1. The van der Waals surface area contributed by atoms with Gasteiger partial charge in [-0.1, -0.05) is 65.0 Å². The average Bonchev–Trinajstić information content (AvgIpc) is 3.72. The van der Waals surface area contributed by atoms with E-state index < -0.39 is 15.8 Å². The van der Waals surface area contributed by atoms with Gasteiger partial charge in [0, 0.05) is 31.2 Å². The third kappa shape index (κ3) is 4.83. The number of carboxylic acids is 1. The summed E-state index contributed by atoms with van der Waals surface area (Å²) in [6.45, 7) is 22.5. The minimum Gasteiger partial charge on any atom is -0.478 e. The van der Waals surface area contributed by atoms with Gasteiger partial charge in [-0.2, -0.15) is 0 Å². The molecular formula is C43H62N2O4S. The van der Waals surface area contributed by atoms with Crippen LogP contribution in [0.3, 0.4) is 0 Å². The minimum absolute atomic E-state index is 0.0119. The van der Waals surface area contributed by atoms with Gasteiger partial charge in [-0.25, -0.2) is 13.2 Å². The molecule has 2 N–H and O–H groups in total. The van der Waals surface area contributed by atoms with Crippen molar-refractivity contribution in [3.8, 4) is 0 Å². The van der Waals surface area contributed by atoms with E-state index in [1.807, 2.05) is 12.1 Å². The normalized spacial score (nSPS) is 45.6. The molecule has 7 aliphatic rings. The van der Waals surface area contributed by atoms with Gasteiger partial charge < -0.3 is 10.4 Å². The fourth-order valence-electron chi connectivity index (χ4n) is 14.8. The fraction of sp³-hybridized carbons (Fsp3) is 0.744. The molecule has 2 bridgehead atoms. The number of benzene rings is 1. The van der Waals surface area contributed by atoms with Crippen molar-refractivity contribution in [1.29, 1.82) is 0 Å². The number of hydrogen-bond donors (Lipinski definition) is 2. The second-order valence-electron chi connectivity index (χ2n) is 19.5. The molecule has 274 valence electrons. The van der Waals surface area contributed by atoms with E-state index in [1.165, 1.54) is 68.1 Å². The van der Waals surface area contributed by atoms with Crippen LogP contribution in [0.5, 0.6) is 0 Å². The van der Waals surface area contributed by atoms with Crippen LogP contribution in [0.1, 0.15) is 122 Å². The first-order chi connectivity index (χ1) is 23.5. The van der Waals surface area contributed by atoms with E-state index in [0.29, 0.717) is 40.9 Å². The molecule has 0 radical (unpaired) electrons. The lowest BCUT2D eigenvalue weighted by Gasteiger charge is -2.72. The number of allylic oxidation sites excluding steroid dienone is 3. The molecule has 7 heteroatoms. The summed E-state index contributed by atoms with van der Waals surface area (Å²) in [6, 6.07) is 7.82. The van der Waals surface area contributed by atoms with Gasteiger partial charge >= 0.3 is 5.97 Å². The van der Waals surface area contributed by atoms with Crippen LogP contribution in [0.4, 0.5) is 0 Å². The number of hydrogen-bond acceptors (Lipinski definition) is 5. The summed E-state index contributed by atoms with van der Waals surface area (Å²) in [5, 5.41) is 13.6. The van der Waals surface area contributed by atoms with Crippen LogP contribution >= 0.6 is 0 Å². The predicted molar refractivity (Wildman–Crippen MR) is 202 cm³/mol. The first-order valence-electron chi connectivity index (χ1n) is 19.9. The lowest BCUT2D eigenvalue weighted by molar-refractivity contribution is -0.219. The van der Waals surface area contributed by atoms with Crippen LogP contribution in [0.2, 0.25) is 0 Å². The Bertz CT molecular complexity index is 1720. The van der Waals surface area contributed by atoms with Gasteiger partial charge in [0.15, 0.2) is 9.84 Å². The molecule has 6 nitrogen and oxygen atoms in total. The molecule has 2 aliphatic heterocycles. The maximum absolute atomic E-state index is 12.4. The fourth-order valence-corrected chi connectivity index (χ4v) is 16.9. The zero-order chi connectivity index (χ0) is 35.6. The molecule has 0 aromatic heterocycles. The number of carboxylic acid groups (broad SMARTS) is 1. The van der Waals surface area contributed by atoms with E-state index in [1.54, 1.807) is 12.1 Å². The zero-order valence-corrected chi connectivity index (χ0v) is 32.4. The molecule has 8 rings (SSSR count). The molecule has 1 aromatic carbocycles. The van der Waals surface area contributed by atoms with Crippen LogP contribution in [0.15, 0.2) is 42.5 Å². The lowest BCUT2D eigenvalue weighted by Crippen LogP contribution is -2.68. The highest BCUT2D eigenvalue weighted by Crippen LogP contribution is 2.76. The van der Waals surface area contributed by atoms with E-state index in [-0.39, 0.29) is 38.5 Å². The molecule has 0 spiro atoms. The van der Waals surface area contributed by atoms with Crippen molar-refractivity contribution in [1.82, 2.24) is 10.2 Å². The van der Waals surface area contributed by atoms with Crippen LogP contribution in [0.25, 0.3) is 5.57 Å². The number of fused-ring (bicyclic) bond motifs is 9. The SMILES string of the molecule is C=C(C)[C@@H]1CC[C@]2(NCCN3C[C@@H]4C[C@@H]3CS4(=O)=O)CC[C@]3(C)[C@H](CC[C@@H]4[C@@]5(C)CC=C(c6ccc(C(=O)O)cc6)C(C)(C)[C@@H]5CC[C@]43C)[C@@H]12. The van der Waals surface area contributed by atoms with E-state index >= 15 is 0 Å². The highest BCUT2D eigenvalue weighted by molar-refractivity contribution is 7.92. The second-order valence-corrected chi connectivity index (χ2v) is 21.9. The molecular weight excluding hydrogens is 641 g/mol. The smallest absolute Gasteiger partial charge is 0.335 e. The van der Waals surface area contributed by atoms with Gasteiger partial charge in [-0.3, -0.25) is 4.90 Å². The van der Waals surface area contributed by atoms with Crippen molar-refractivity contribution in [2.24, 2.45) is 51.2 Å². The zero-order valence-electron chi connectivity index (χ0n) is 31.6. The lowest BCUT2D eigenvalue weighted by atomic mass is 9.33. The van der Waals surface area contributed by atoms with Crippen molar-refractivity contribution in [3.05, 3.63) is 53.6 Å². The number of rotatable bonds is 7. The molecule has 6 fully saturated rings. The first-order valence-corrected chi connectivity index (χ1v) is 21.6. The average molecular weight is 703 g/mol. The van der Waals surface area contributed by atoms with Crippen LogP contribution in [-0.4, -0.2) is 66.6 Å². The van der Waals surface area contributed by atoms with E-state index in [4.69, 9.17) is 0 Å². The Morgan fingerprint density at radius 2 is 1.70 bits per heavy atom. The summed E-state index contributed by atoms with van der Waals surface area (Å²) in [5.41, 5.74) is 5.25. The molecule has 2 heterocycles. The molecule has 1 aromatic rings. The van der Waals surface area contributed by atoms with Gasteiger partial charge in [-0.05, 0) is 146 Å². The Kier molecular flexibility index (Phi) is 8.08.